The van der Waals surface area contributed by atoms with Crippen LogP contribution in [0.15, 0.2) is 71.6 Å². The second kappa shape index (κ2) is 7.74. The van der Waals surface area contributed by atoms with E-state index in [4.69, 9.17) is 11.6 Å². The largest absolute Gasteiger partial charge is 0.343 e. The molecule has 0 radical (unpaired) electrons. The second-order valence-electron chi connectivity index (χ2n) is 6.83. The first-order valence-electron chi connectivity index (χ1n) is 9.32. The Hall–Kier alpha value is -2.90. The maximum atomic E-state index is 14.4. The number of anilines is 2. The Bertz CT molecular complexity index is 1230. The quantitative estimate of drug-likeness (QED) is 0.543. The Morgan fingerprint density at radius 1 is 1.00 bits per heavy atom. The third-order valence-electron chi connectivity index (χ3n) is 5.01. The van der Waals surface area contributed by atoms with Gasteiger partial charge in [0.15, 0.2) is 0 Å². The van der Waals surface area contributed by atoms with Crippen molar-refractivity contribution in [3.63, 3.8) is 0 Å². The number of fused-ring (bicyclic) bond motifs is 1. The van der Waals surface area contributed by atoms with E-state index in [1.165, 1.54) is 35.2 Å². The van der Waals surface area contributed by atoms with Gasteiger partial charge in [-0.1, -0.05) is 48.9 Å². The van der Waals surface area contributed by atoms with E-state index in [1.807, 2.05) is 13.0 Å². The van der Waals surface area contributed by atoms with Crippen LogP contribution in [0.3, 0.4) is 0 Å². The average molecular weight is 445 g/mol. The number of sulfonamides is 1. The number of hydrogen-bond donors (Lipinski definition) is 0. The molecule has 0 fully saturated rings. The zero-order valence-corrected chi connectivity index (χ0v) is 17.6. The maximum absolute atomic E-state index is 14.4. The summed E-state index contributed by atoms with van der Waals surface area (Å²) in [6.45, 7) is 1.73. The molecule has 5 nitrogen and oxygen atoms in total. The van der Waals surface area contributed by atoms with Crippen LogP contribution < -0.4 is 9.21 Å². The Balaban J connectivity index is 1.90. The Kier molecular flexibility index (Phi) is 5.26. The number of para-hydroxylation sites is 1. The molecule has 0 N–H and O–H groups in total. The van der Waals surface area contributed by atoms with Gasteiger partial charge in [-0.25, -0.2) is 17.6 Å². The average Bonchev–Trinajstić information content (AvgIpc) is 2.73. The Labute approximate surface area is 179 Å². The predicted octanol–water partition coefficient (Wildman–Crippen LogP) is 5.38. The van der Waals surface area contributed by atoms with Crippen LogP contribution in [-0.4, -0.2) is 14.4 Å². The highest BCUT2D eigenvalue weighted by atomic mass is 35.5. The van der Waals surface area contributed by atoms with Gasteiger partial charge < -0.3 is 0 Å². The fourth-order valence-electron chi connectivity index (χ4n) is 3.46. The van der Waals surface area contributed by atoms with E-state index in [-0.39, 0.29) is 33.4 Å². The van der Waals surface area contributed by atoms with Crippen molar-refractivity contribution in [2.75, 3.05) is 9.21 Å². The van der Waals surface area contributed by atoms with Crippen molar-refractivity contribution in [1.29, 1.82) is 0 Å². The molecule has 3 aromatic carbocycles. The molecule has 30 heavy (non-hydrogen) atoms. The summed E-state index contributed by atoms with van der Waals surface area (Å²) < 4.78 is 41.8. The number of carbonyl (C=O) groups is 1. The van der Waals surface area contributed by atoms with Gasteiger partial charge in [0.1, 0.15) is 10.7 Å². The number of benzene rings is 3. The van der Waals surface area contributed by atoms with E-state index in [1.54, 1.807) is 30.3 Å². The van der Waals surface area contributed by atoms with Crippen LogP contribution in [0.25, 0.3) is 0 Å². The van der Waals surface area contributed by atoms with Crippen molar-refractivity contribution in [3.05, 3.63) is 88.7 Å². The van der Waals surface area contributed by atoms with Gasteiger partial charge in [-0.05, 0) is 48.4 Å². The molecule has 0 atom stereocenters. The van der Waals surface area contributed by atoms with Gasteiger partial charge in [0.2, 0.25) is 0 Å². The van der Waals surface area contributed by atoms with Crippen LogP contribution >= 0.6 is 11.6 Å². The summed E-state index contributed by atoms with van der Waals surface area (Å²) in [4.78, 5) is 14.6. The molecule has 2 amide bonds. The first-order valence-corrected chi connectivity index (χ1v) is 11.1. The molecule has 1 aliphatic rings. The number of amides is 2. The lowest BCUT2D eigenvalue weighted by Gasteiger charge is -2.36. The van der Waals surface area contributed by atoms with E-state index in [0.29, 0.717) is 6.42 Å². The van der Waals surface area contributed by atoms with E-state index in [9.17, 15) is 17.6 Å². The molecular formula is C22H18ClFN2O3S. The molecule has 3 aromatic rings. The first-order chi connectivity index (χ1) is 14.3. The van der Waals surface area contributed by atoms with Gasteiger partial charge in [0, 0.05) is 10.6 Å². The highest BCUT2D eigenvalue weighted by molar-refractivity contribution is 7.94. The monoisotopic (exact) mass is 444 g/mol. The molecule has 1 aliphatic heterocycles. The molecule has 0 saturated heterocycles. The van der Waals surface area contributed by atoms with Crippen molar-refractivity contribution in [2.45, 2.75) is 24.8 Å². The van der Waals surface area contributed by atoms with Crippen LogP contribution in [0.5, 0.6) is 0 Å². The van der Waals surface area contributed by atoms with Crippen LogP contribution in [0.4, 0.5) is 20.6 Å². The van der Waals surface area contributed by atoms with E-state index >= 15 is 0 Å². The summed E-state index contributed by atoms with van der Waals surface area (Å²) in [5.74, 6) is -0.569. The number of carbonyl (C=O) groups excluding carboxylic acids is 1. The molecule has 154 valence electrons. The minimum Gasteiger partial charge on any atom is -0.287 e. The smallest absolute Gasteiger partial charge is 0.287 e. The summed E-state index contributed by atoms with van der Waals surface area (Å²) in [6, 6.07) is 16.4. The molecule has 0 saturated carbocycles. The van der Waals surface area contributed by atoms with Crippen molar-refractivity contribution < 1.29 is 17.6 Å². The van der Waals surface area contributed by atoms with E-state index in [2.05, 4.69) is 0 Å². The molecule has 0 aromatic heterocycles. The summed E-state index contributed by atoms with van der Waals surface area (Å²) in [7, 11) is -4.14. The number of urea groups is 1. The fourth-order valence-corrected chi connectivity index (χ4v) is 5.27. The van der Waals surface area contributed by atoms with Crippen LogP contribution in [0.2, 0.25) is 5.02 Å². The van der Waals surface area contributed by atoms with Gasteiger partial charge in [-0.2, -0.15) is 4.31 Å². The van der Waals surface area contributed by atoms with Crippen molar-refractivity contribution in [2.24, 2.45) is 0 Å². The lowest BCUT2D eigenvalue weighted by atomic mass is 10.1. The number of hydrogen-bond acceptors (Lipinski definition) is 3. The predicted molar refractivity (Wildman–Crippen MR) is 115 cm³/mol. The number of aryl methyl sites for hydroxylation is 1. The van der Waals surface area contributed by atoms with Crippen molar-refractivity contribution in [3.8, 4) is 0 Å². The molecular weight excluding hydrogens is 427 g/mol. The minimum atomic E-state index is -4.14. The highest BCUT2D eigenvalue weighted by Crippen LogP contribution is 2.38. The summed E-state index contributed by atoms with van der Waals surface area (Å²) in [6.07, 6.45) is 0.682. The zero-order chi connectivity index (χ0) is 21.5. The molecule has 0 spiro atoms. The summed E-state index contributed by atoms with van der Waals surface area (Å²) in [5.41, 5.74) is 1.42. The lowest BCUT2D eigenvalue weighted by molar-refractivity contribution is 0.253. The Morgan fingerprint density at radius 3 is 2.47 bits per heavy atom. The third-order valence-corrected chi connectivity index (χ3v) is 7.11. The molecule has 0 unspecified atom stereocenters. The topological polar surface area (TPSA) is 57.7 Å². The summed E-state index contributed by atoms with van der Waals surface area (Å²) in [5, 5.41) is 0.160. The van der Waals surface area contributed by atoms with E-state index < -0.39 is 21.9 Å². The van der Waals surface area contributed by atoms with Crippen LogP contribution in [0, 0.1) is 5.82 Å². The van der Waals surface area contributed by atoms with Crippen molar-refractivity contribution in [1.82, 2.24) is 0 Å². The number of rotatable bonds is 4. The van der Waals surface area contributed by atoms with Gasteiger partial charge in [0.25, 0.3) is 10.0 Å². The highest BCUT2D eigenvalue weighted by Gasteiger charge is 2.42. The Morgan fingerprint density at radius 2 is 1.73 bits per heavy atom. The van der Waals surface area contributed by atoms with Gasteiger partial charge in [-0.15, -0.1) is 0 Å². The first kappa shape index (κ1) is 20.4. The van der Waals surface area contributed by atoms with Crippen LogP contribution in [-0.2, 0) is 23.0 Å². The fraction of sp³-hybridized carbons (Fsp3) is 0.136. The van der Waals surface area contributed by atoms with Crippen LogP contribution in [0.1, 0.15) is 18.1 Å². The normalized spacial score (nSPS) is 15.2. The van der Waals surface area contributed by atoms with Gasteiger partial charge in [0.05, 0.1) is 17.9 Å². The molecule has 8 heteroatoms. The van der Waals surface area contributed by atoms with Gasteiger partial charge in [-0.3, -0.25) is 4.90 Å². The summed E-state index contributed by atoms with van der Waals surface area (Å²) >= 11 is 6.16. The number of halogens is 2. The van der Waals surface area contributed by atoms with Gasteiger partial charge >= 0.3 is 6.03 Å². The molecule has 0 bridgehead atoms. The standard InChI is InChI=1S/C22H18ClFN2O3S/c1-2-15-7-5-8-16(13-15)26-22(27)25(14-17-18(23)9-6-10-19(17)24)20-11-3-4-12-21(20)30(26,28)29/h3-13H,2,14H2,1H3. The SMILES string of the molecule is CCc1cccc(N2C(=O)N(Cc3c(F)cccc3Cl)c3ccccc3S2(=O)=O)c1. The maximum Gasteiger partial charge on any atom is 0.343 e. The lowest BCUT2D eigenvalue weighted by Crippen LogP contribution is -2.50. The van der Waals surface area contributed by atoms with Crippen molar-refractivity contribution >= 4 is 39.0 Å². The molecule has 1 heterocycles. The minimum absolute atomic E-state index is 0.0287. The molecule has 4 rings (SSSR count). The molecule has 0 aliphatic carbocycles. The zero-order valence-electron chi connectivity index (χ0n) is 16.0. The third kappa shape index (κ3) is 3.34. The second-order valence-corrected chi connectivity index (χ2v) is 8.99. The van der Waals surface area contributed by atoms with E-state index in [0.717, 1.165) is 9.87 Å². The number of nitrogens with zero attached hydrogens (tertiary/aromatic N) is 2.